The first-order valence-electron chi connectivity index (χ1n) is 6.83. The van der Waals surface area contributed by atoms with Crippen LogP contribution in [-0.2, 0) is 13.2 Å². The molecule has 0 spiro atoms. The maximum Gasteiger partial charge on any atom is 0.131 e. The number of nitrogens with two attached hydrogens (primary N) is 1. The SMILES string of the molecule is CCn1nc(C)c(Br)c1COc1cc(Br)ccc1[C@H](C)N. The van der Waals surface area contributed by atoms with E-state index in [2.05, 4.69) is 43.9 Å². The predicted octanol–water partition coefficient (Wildman–Crippen LogP) is 4.34. The molecule has 0 unspecified atom stereocenters. The van der Waals surface area contributed by atoms with Gasteiger partial charge in [-0.05, 0) is 48.8 Å². The Morgan fingerprint density at radius 2 is 2.10 bits per heavy atom. The summed E-state index contributed by atoms with van der Waals surface area (Å²) in [7, 11) is 0. The molecule has 4 nitrogen and oxygen atoms in total. The van der Waals surface area contributed by atoms with Crippen molar-refractivity contribution in [1.29, 1.82) is 0 Å². The van der Waals surface area contributed by atoms with Gasteiger partial charge >= 0.3 is 0 Å². The third-order valence-corrected chi connectivity index (χ3v) is 4.81. The Morgan fingerprint density at radius 1 is 1.38 bits per heavy atom. The summed E-state index contributed by atoms with van der Waals surface area (Å²) in [6.07, 6.45) is 0. The zero-order valence-electron chi connectivity index (χ0n) is 12.4. The minimum atomic E-state index is -0.0747. The maximum atomic E-state index is 6.00. The average Bonchev–Trinajstić information content (AvgIpc) is 2.71. The van der Waals surface area contributed by atoms with E-state index in [4.69, 9.17) is 10.5 Å². The van der Waals surface area contributed by atoms with E-state index in [0.717, 1.165) is 38.2 Å². The fraction of sp³-hybridized carbons (Fsp3) is 0.400. The van der Waals surface area contributed by atoms with Gasteiger partial charge < -0.3 is 10.5 Å². The van der Waals surface area contributed by atoms with E-state index in [1.165, 1.54) is 0 Å². The van der Waals surface area contributed by atoms with Crippen molar-refractivity contribution in [1.82, 2.24) is 9.78 Å². The largest absolute Gasteiger partial charge is 0.487 e. The number of rotatable bonds is 5. The molecule has 1 atom stereocenters. The summed E-state index contributed by atoms with van der Waals surface area (Å²) in [5, 5.41) is 4.47. The van der Waals surface area contributed by atoms with Gasteiger partial charge in [-0.3, -0.25) is 4.68 Å². The van der Waals surface area contributed by atoms with E-state index in [9.17, 15) is 0 Å². The molecule has 21 heavy (non-hydrogen) atoms. The van der Waals surface area contributed by atoms with Crippen LogP contribution in [0, 0.1) is 6.92 Å². The third-order valence-electron chi connectivity index (χ3n) is 3.28. The predicted molar refractivity (Wildman–Crippen MR) is 91.4 cm³/mol. The Kier molecular flexibility index (Phi) is 5.46. The molecule has 0 aliphatic carbocycles. The van der Waals surface area contributed by atoms with Gasteiger partial charge in [0.1, 0.15) is 12.4 Å². The van der Waals surface area contributed by atoms with Crippen molar-refractivity contribution in [2.75, 3.05) is 0 Å². The van der Waals surface area contributed by atoms with E-state index in [1.807, 2.05) is 36.7 Å². The first-order chi connectivity index (χ1) is 9.93. The lowest BCUT2D eigenvalue weighted by atomic mass is 10.1. The smallest absolute Gasteiger partial charge is 0.131 e. The quantitative estimate of drug-likeness (QED) is 0.788. The molecule has 1 heterocycles. The fourth-order valence-electron chi connectivity index (χ4n) is 2.16. The number of ether oxygens (including phenoxy) is 1. The molecule has 0 saturated carbocycles. The molecule has 0 aliphatic rings. The molecule has 0 radical (unpaired) electrons. The summed E-state index contributed by atoms with van der Waals surface area (Å²) in [4.78, 5) is 0. The summed E-state index contributed by atoms with van der Waals surface area (Å²) < 4.78 is 9.92. The molecule has 2 rings (SSSR count). The molecule has 0 saturated heterocycles. The molecule has 1 aromatic heterocycles. The minimum absolute atomic E-state index is 0.0747. The molecule has 0 aliphatic heterocycles. The van der Waals surface area contributed by atoms with Gasteiger partial charge in [-0.25, -0.2) is 0 Å². The van der Waals surface area contributed by atoms with Gasteiger partial charge in [-0.15, -0.1) is 0 Å². The van der Waals surface area contributed by atoms with Crippen LogP contribution in [0.2, 0.25) is 0 Å². The van der Waals surface area contributed by atoms with Gasteiger partial charge in [0.25, 0.3) is 0 Å². The minimum Gasteiger partial charge on any atom is -0.487 e. The summed E-state index contributed by atoms with van der Waals surface area (Å²) in [5.74, 6) is 0.799. The van der Waals surface area contributed by atoms with Crippen LogP contribution in [-0.4, -0.2) is 9.78 Å². The third kappa shape index (κ3) is 3.67. The monoisotopic (exact) mass is 415 g/mol. The Hall–Kier alpha value is -0.850. The summed E-state index contributed by atoms with van der Waals surface area (Å²) >= 11 is 7.05. The van der Waals surface area contributed by atoms with E-state index in [0.29, 0.717) is 6.61 Å². The van der Waals surface area contributed by atoms with Gasteiger partial charge in [-0.1, -0.05) is 22.0 Å². The highest BCUT2D eigenvalue weighted by Crippen LogP contribution is 2.29. The molecule has 0 amide bonds. The number of hydrogen-bond acceptors (Lipinski definition) is 3. The number of nitrogens with zero attached hydrogens (tertiary/aromatic N) is 2. The Balaban J connectivity index is 2.26. The number of hydrogen-bond donors (Lipinski definition) is 1. The van der Waals surface area contributed by atoms with Crippen LogP contribution in [0.25, 0.3) is 0 Å². The van der Waals surface area contributed by atoms with E-state index < -0.39 is 0 Å². The van der Waals surface area contributed by atoms with Crippen LogP contribution in [0.4, 0.5) is 0 Å². The molecule has 114 valence electrons. The Bertz CT molecular complexity index is 638. The second-order valence-electron chi connectivity index (χ2n) is 4.92. The van der Waals surface area contributed by atoms with Crippen LogP contribution < -0.4 is 10.5 Å². The topological polar surface area (TPSA) is 53.1 Å². The van der Waals surface area contributed by atoms with Gasteiger partial charge in [0.2, 0.25) is 0 Å². The van der Waals surface area contributed by atoms with Crippen molar-refractivity contribution >= 4 is 31.9 Å². The maximum absolute atomic E-state index is 6.00. The number of aryl methyl sites for hydroxylation is 2. The molecular weight excluding hydrogens is 398 g/mol. The lowest BCUT2D eigenvalue weighted by Gasteiger charge is -2.15. The van der Waals surface area contributed by atoms with Crippen LogP contribution in [0.15, 0.2) is 27.1 Å². The second-order valence-corrected chi connectivity index (χ2v) is 6.63. The first kappa shape index (κ1) is 16.5. The van der Waals surface area contributed by atoms with Crippen LogP contribution in [0.3, 0.4) is 0 Å². The van der Waals surface area contributed by atoms with Gasteiger partial charge in [-0.2, -0.15) is 5.10 Å². The standard InChI is InChI=1S/C15H19Br2N3O/c1-4-20-13(15(17)10(3)19-20)8-21-14-7-11(16)5-6-12(14)9(2)18/h5-7,9H,4,8,18H2,1-3H3/t9-/m0/s1. The lowest BCUT2D eigenvalue weighted by Crippen LogP contribution is -2.10. The molecule has 2 aromatic rings. The number of benzene rings is 1. The van der Waals surface area contributed by atoms with Crippen molar-refractivity contribution < 1.29 is 4.74 Å². The van der Waals surface area contributed by atoms with E-state index in [1.54, 1.807) is 0 Å². The van der Waals surface area contributed by atoms with E-state index in [-0.39, 0.29) is 6.04 Å². The molecule has 0 fully saturated rings. The zero-order valence-corrected chi connectivity index (χ0v) is 15.5. The second kappa shape index (κ2) is 6.94. The number of aromatic nitrogens is 2. The zero-order chi connectivity index (χ0) is 15.6. The summed E-state index contributed by atoms with van der Waals surface area (Å²) in [6.45, 7) is 7.25. The Labute approximate surface area is 141 Å². The van der Waals surface area contributed by atoms with Crippen LogP contribution in [0.5, 0.6) is 5.75 Å². The van der Waals surface area contributed by atoms with Gasteiger partial charge in [0.05, 0.1) is 15.9 Å². The normalized spacial score (nSPS) is 12.5. The first-order valence-corrected chi connectivity index (χ1v) is 8.42. The number of halogens is 2. The van der Waals surface area contributed by atoms with Gasteiger partial charge in [0, 0.05) is 22.6 Å². The Morgan fingerprint density at radius 3 is 2.71 bits per heavy atom. The van der Waals surface area contributed by atoms with E-state index >= 15 is 0 Å². The fourth-order valence-corrected chi connectivity index (χ4v) is 2.90. The summed E-state index contributed by atoms with van der Waals surface area (Å²) in [5.41, 5.74) is 9.00. The lowest BCUT2D eigenvalue weighted by molar-refractivity contribution is 0.287. The molecule has 0 bridgehead atoms. The van der Waals surface area contributed by atoms with Crippen molar-refractivity contribution in [3.8, 4) is 5.75 Å². The molecular formula is C15H19Br2N3O. The highest BCUT2D eigenvalue weighted by atomic mass is 79.9. The van der Waals surface area contributed by atoms with Crippen molar-refractivity contribution in [2.45, 2.75) is 40.0 Å². The molecule has 6 heteroatoms. The highest BCUT2D eigenvalue weighted by molar-refractivity contribution is 9.10. The van der Waals surface area contributed by atoms with Crippen molar-refractivity contribution in [2.24, 2.45) is 5.73 Å². The highest BCUT2D eigenvalue weighted by Gasteiger charge is 2.14. The van der Waals surface area contributed by atoms with Gasteiger partial charge in [0.15, 0.2) is 0 Å². The van der Waals surface area contributed by atoms with Crippen LogP contribution in [0.1, 0.15) is 36.8 Å². The molecule has 1 aromatic carbocycles. The van der Waals surface area contributed by atoms with Crippen LogP contribution >= 0.6 is 31.9 Å². The average molecular weight is 417 g/mol. The van der Waals surface area contributed by atoms with Crippen molar-refractivity contribution in [3.63, 3.8) is 0 Å². The summed E-state index contributed by atoms with van der Waals surface area (Å²) in [6, 6.07) is 5.84. The van der Waals surface area contributed by atoms with Crippen molar-refractivity contribution in [3.05, 3.63) is 44.1 Å². The molecule has 2 N–H and O–H groups in total.